The molecule has 11 atom stereocenters. The first-order chi connectivity index (χ1) is 66.0. The molecule has 11 unspecified atom stereocenters. The maximum atomic E-state index is 11.7. The van der Waals surface area contributed by atoms with Crippen molar-refractivity contribution in [2.45, 2.75) is 235 Å². The van der Waals surface area contributed by atoms with Crippen LogP contribution in [0.2, 0.25) is 0 Å². The van der Waals surface area contributed by atoms with Crippen molar-refractivity contribution in [2.75, 3.05) is 46.1 Å². The van der Waals surface area contributed by atoms with Crippen LogP contribution in [0, 0.1) is 77.9 Å². The number of benzene rings is 9. The van der Waals surface area contributed by atoms with Crippen molar-refractivity contribution in [2.24, 2.45) is 5.73 Å². The van der Waals surface area contributed by atoms with Crippen molar-refractivity contribution in [1.82, 2.24) is 43.8 Å². The van der Waals surface area contributed by atoms with Crippen LogP contribution in [0.3, 0.4) is 0 Å². The SMILES string of the molecule is CCOC(=O)C(=Cc1ccccc1)C(=O)OCC.CCOC(=O)CC(C#N)c1ccccc1.Cc1nc2ccccc2n1C1CC2CCC(C1)N2.Cc1nc2ccccc2n1C1CC2CCC(C1)N2CCC(C#N)c1ccccc1.Cc1nc2ccccc2n1C1CC2CCC(C1)N2CCC(CN)c1ccccc1.N#CC(CC=O)c1ccccc1.N#CC(CCO)c1ccccc1.[B].[C-]#N.[H-].[K+].[Li+]. The predicted octanol–water partition coefficient (Wildman–Crippen LogP) is 14.5. The fourth-order valence-corrected chi connectivity index (χ4v) is 20.3. The normalized spacial score (nSPS) is 19.2. The Kier molecular flexibility index (Phi) is 48.1. The van der Waals surface area contributed by atoms with Crippen LogP contribution >= 0.6 is 0 Å². The number of nitrogens with one attached hydrogen (secondary N) is 1. The Bertz CT molecular complexity index is 5900. The van der Waals surface area contributed by atoms with Gasteiger partial charge in [0.25, 0.3) is 0 Å². The summed E-state index contributed by atoms with van der Waals surface area (Å²) in [6.07, 6.45) is 20.6. The minimum absolute atomic E-state index is 0. The number of nitrogens with two attached hydrogens (primary N) is 1. The summed E-state index contributed by atoms with van der Waals surface area (Å²) in [6, 6.07) is 98.7. The van der Waals surface area contributed by atoms with Gasteiger partial charge < -0.3 is 62.1 Å². The molecule has 3 radical (unpaired) electrons. The van der Waals surface area contributed by atoms with Crippen LogP contribution in [-0.2, 0) is 33.4 Å². The monoisotopic (exact) mass is 1870 g/mol. The number of aryl methyl sites for hydroxylation is 3. The molecule has 6 saturated heterocycles. The molecule has 18 rings (SSSR count). The van der Waals surface area contributed by atoms with Crippen molar-refractivity contribution in [3.05, 3.63) is 318 Å². The van der Waals surface area contributed by atoms with Gasteiger partial charge in [0.15, 0.2) is 0 Å². The Morgan fingerprint density at radius 2 is 0.768 bits per heavy atom. The van der Waals surface area contributed by atoms with Crippen molar-refractivity contribution >= 4 is 71.8 Å². The largest absolute Gasteiger partial charge is 1.00 e. The van der Waals surface area contributed by atoms with Gasteiger partial charge in [-0.25, -0.2) is 24.5 Å². The second-order valence-electron chi connectivity index (χ2n) is 34.9. The van der Waals surface area contributed by atoms with Gasteiger partial charge in [0.05, 0.1) is 107 Å². The van der Waals surface area contributed by atoms with Crippen LogP contribution in [0.4, 0.5) is 0 Å². The number of esters is 3. The molecule has 4 N–H and O–H groups in total. The molecular weight excluding hydrogens is 1740 g/mol. The number of piperidine rings is 3. The van der Waals surface area contributed by atoms with E-state index in [1.54, 1.807) is 32.9 Å². The number of aldehydes is 1. The minimum Gasteiger partial charge on any atom is -1.00 e. The number of aliphatic hydroxyl groups is 1. The van der Waals surface area contributed by atoms with E-state index in [9.17, 15) is 24.4 Å². The summed E-state index contributed by atoms with van der Waals surface area (Å²) in [5, 5.41) is 54.7. The van der Waals surface area contributed by atoms with Gasteiger partial charge in [-0.2, -0.15) is 21.0 Å². The first kappa shape index (κ1) is 112. The van der Waals surface area contributed by atoms with E-state index in [0.29, 0.717) is 61.2 Å². The summed E-state index contributed by atoms with van der Waals surface area (Å²) in [4.78, 5) is 64.6. The quantitative estimate of drug-likeness (QED) is 0.00629. The molecule has 12 aromatic rings. The van der Waals surface area contributed by atoms with E-state index in [1.807, 2.05) is 127 Å². The average molecular weight is 1870 g/mol. The summed E-state index contributed by atoms with van der Waals surface area (Å²) in [5.74, 6) is 1.40. The molecule has 6 fully saturated rings. The smallest absolute Gasteiger partial charge is 1.00 e. The zero-order chi connectivity index (χ0) is 95.8. The van der Waals surface area contributed by atoms with Crippen LogP contribution in [0.5, 0.6) is 0 Å². The Balaban J connectivity index is 0.000000225. The van der Waals surface area contributed by atoms with Crippen molar-refractivity contribution in [3.63, 3.8) is 0 Å². The molecule has 26 heteroatoms. The number of ether oxygens (including phenoxy) is 3. The summed E-state index contributed by atoms with van der Waals surface area (Å²) in [7, 11) is 0. The third-order valence-corrected chi connectivity index (χ3v) is 26.5. The van der Waals surface area contributed by atoms with E-state index in [1.165, 1.54) is 118 Å². The van der Waals surface area contributed by atoms with Gasteiger partial charge in [0.2, 0.25) is 0 Å². The number of hydrogen-bond acceptors (Lipinski definition) is 20. The van der Waals surface area contributed by atoms with E-state index in [0.717, 1.165) is 100 Å². The number of imidazole rings is 3. The third-order valence-electron chi connectivity index (χ3n) is 26.5. The molecule has 0 spiro atoms. The van der Waals surface area contributed by atoms with E-state index in [2.05, 4.69) is 189 Å². The zero-order valence-electron chi connectivity index (χ0n) is 82.2. The topological polar surface area (TPSA) is 333 Å². The van der Waals surface area contributed by atoms with E-state index in [4.69, 9.17) is 67.6 Å². The molecule has 6 aliphatic rings. The van der Waals surface area contributed by atoms with Gasteiger partial charge in [-0.3, -0.25) is 14.6 Å². The van der Waals surface area contributed by atoms with Gasteiger partial charge in [-0.1, -0.05) is 218 Å². The van der Waals surface area contributed by atoms with Crippen LogP contribution < -0.4 is 81.3 Å². The molecule has 705 valence electrons. The molecular formula is C112H129BKLiN15O8. The first-order valence-electron chi connectivity index (χ1n) is 47.7. The number of aliphatic hydroxyl groups excluding tert-OH is 1. The molecule has 0 amide bonds. The number of para-hydroxylation sites is 6. The van der Waals surface area contributed by atoms with Gasteiger partial charge in [0.1, 0.15) is 29.3 Å². The molecule has 23 nitrogen and oxygen atoms in total. The molecule has 138 heavy (non-hydrogen) atoms. The number of nitriles is 4. The van der Waals surface area contributed by atoms with Gasteiger partial charge in [-0.15, -0.1) is 0 Å². The molecule has 6 bridgehead atoms. The van der Waals surface area contributed by atoms with E-state index in [-0.39, 0.29) is 142 Å². The number of carbonyl (C=O) groups is 4. The summed E-state index contributed by atoms with van der Waals surface area (Å²) < 4.78 is 22.0. The first-order valence-corrected chi connectivity index (χ1v) is 47.7. The molecule has 9 heterocycles. The third kappa shape index (κ3) is 31.1. The molecule has 6 aliphatic heterocycles. The predicted molar refractivity (Wildman–Crippen MR) is 535 cm³/mol. The Labute approximate surface area is 872 Å². The number of hydrogen-bond donors (Lipinski definition) is 3. The number of carbonyl (C=O) groups excluding carboxylic acids is 4. The van der Waals surface area contributed by atoms with E-state index < -0.39 is 17.9 Å². The molecule has 9 aromatic carbocycles. The zero-order valence-corrected chi connectivity index (χ0v) is 84.4. The molecule has 0 saturated carbocycles. The maximum Gasteiger partial charge on any atom is 1.00 e. The average Bonchev–Trinajstić information content (AvgIpc) is 1.62. The maximum absolute atomic E-state index is 11.7. The van der Waals surface area contributed by atoms with Crippen molar-refractivity contribution in [3.8, 4) is 24.3 Å². The van der Waals surface area contributed by atoms with Crippen LogP contribution in [0.15, 0.2) is 260 Å². The number of nitrogens with zero attached hydrogens (tertiary/aromatic N) is 13. The fraction of sp³-hybridized carbons (Fsp3) is 0.393. The Morgan fingerprint density at radius 3 is 1.12 bits per heavy atom. The second-order valence-corrected chi connectivity index (χ2v) is 34.9. The fourth-order valence-electron chi connectivity index (χ4n) is 20.3. The summed E-state index contributed by atoms with van der Waals surface area (Å²) >= 11 is 0. The van der Waals surface area contributed by atoms with E-state index >= 15 is 0 Å². The van der Waals surface area contributed by atoms with Gasteiger partial charge in [0, 0.05) is 82.4 Å². The molecule has 3 aromatic heterocycles. The van der Waals surface area contributed by atoms with Crippen molar-refractivity contribution in [1.29, 1.82) is 26.3 Å². The van der Waals surface area contributed by atoms with Gasteiger partial charge in [-0.05, 0) is 233 Å². The minimum atomic E-state index is -0.667. The Morgan fingerprint density at radius 1 is 0.449 bits per heavy atom. The van der Waals surface area contributed by atoms with Gasteiger partial charge >= 0.3 is 88.2 Å². The Hall–Kier alpha value is -11.2. The molecule has 0 aliphatic carbocycles. The number of fused-ring (bicyclic) bond motifs is 9. The van der Waals surface area contributed by atoms with Crippen LogP contribution in [0.25, 0.3) is 39.2 Å². The number of rotatable bonds is 27. The second kappa shape index (κ2) is 59.3. The summed E-state index contributed by atoms with van der Waals surface area (Å²) in [6.45, 7) is 20.1. The van der Waals surface area contributed by atoms with Crippen LogP contribution in [0.1, 0.15) is 230 Å². The summed E-state index contributed by atoms with van der Waals surface area (Å²) in [5.41, 5.74) is 19.3. The number of aromatic nitrogens is 6. The van der Waals surface area contributed by atoms with Crippen molar-refractivity contribution < 1.29 is 110 Å². The standard InChI is InChI=1S/C25H32N4.C25H28N4.C15H19N3.C14H16O4.C12H13NO2.C10H11NO.C10H9NO.CN.B.K.Li.H/c2*1-18-27-24-9-5-6-10-25(24)29(18)23-15-21-11-12-22(16-23)28(21)14-13-20(17-26)19-7-3-2-4-8-19;1-10-16-14-4-2-3-5-15(14)18(10)13-8-11-6-7-12(9-13)17-11;1-3-17-13(15)12(14(16)18-4-2)10-11-8-6-5-7-9-11;1-2-15-12(14)8-11(9-13)10-6-4-3-5-7-10;2*11-8-10(6-7-12)9-4-2-1-3-5-9;1-2;;;;/h2-10,20-23H,11-17,26H2,1H3;2-10,20-23H,11-16H2,1H3;2-5,11-13,17H,6-9H2,1H3;5-10H,3-4H2,1-2H3;3-7,11H,2,8H2,1H3;1-5,10,12H,6-7H2;1-5,7,10H,6H2;;;;;/q;;;;;;;-1;;2*+1;-1. The van der Waals surface area contributed by atoms with Crippen LogP contribution in [-0.4, -0.2) is 158 Å².